The van der Waals surface area contributed by atoms with Crippen LogP contribution in [0.1, 0.15) is 25.8 Å². The lowest BCUT2D eigenvalue weighted by Crippen LogP contribution is -2.52. The molecule has 2 heterocycles. The van der Waals surface area contributed by atoms with E-state index in [9.17, 15) is 4.79 Å². The van der Waals surface area contributed by atoms with Gasteiger partial charge in [0.05, 0.1) is 29.3 Å². The number of hydrogen-bond donors (Lipinski definition) is 0. The number of ether oxygens (including phenoxy) is 1. The van der Waals surface area contributed by atoms with Gasteiger partial charge in [0.15, 0.2) is 0 Å². The summed E-state index contributed by atoms with van der Waals surface area (Å²) in [7, 11) is 1.63. The zero-order chi connectivity index (χ0) is 28.4. The van der Waals surface area contributed by atoms with Gasteiger partial charge in [-0.1, -0.05) is 48.6 Å². The summed E-state index contributed by atoms with van der Waals surface area (Å²) in [4.78, 5) is 42.2. The van der Waals surface area contributed by atoms with Crippen molar-refractivity contribution in [3.8, 4) is 5.19 Å². The van der Waals surface area contributed by atoms with E-state index in [2.05, 4.69) is 58.1 Å². The Morgan fingerprint density at radius 2 is 1.67 bits per heavy atom. The Labute approximate surface area is 232 Å². The molecule has 11 heteroatoms. The van der Waals surface area contributed by atoms with Crippen molar-refractivity contribution in [1.82, 2.24) is 14.8 Å². The molecule has 1 aliphatic rings. The third-order valence-electron chi connectivity index (χ3n) is 6.53. The third kappa shape index (κ3) is 8.74. The maximum atomic E-state index is 12.9. The number of benzene rings is 2. The summed E-state index contributed by atoms with van der Waals surface area (Å²) in [6, 6.07) is 16.9. The summed E-state index contributed by atoms with van der Waals surface area (Å²) in [5.41, 5.74) is 3.25. The molecule has 3 aromatic rings. The molecule has 210 valence electrons. The van der Waals surface area contributed by atoms with Crippen molar-refractivity contribution in [3.05, 3.63) is 54.1 Å². The fraction of sp³-hybridized carbons (Fsp3) is 0.429. The lowest BCUT2D eigenvalue weighted by atomic mass is 10.1. The number of nitrogens with zero attached hydrogens (tertiary/aromatic N) is 4. The number of carbonyl (C=O) groups excluding carboxylic acids is 3. The molecule has 0 N–H and O–H groups in total. The first-order chi connectivity index (χ1) is 18.7. The minimum absolute atomic E-state index is 0.0978. The number of methoxy groups -OCH3 is 1. The SMILES string of the molecule is CCC(=O)N(c1ccc2nc(OC)sc2c1)C(C)CN1CCN(CCc2ccccc2)CC1.O=C([O-])C(=O)[O-]. The van der Waals surface area contributed by atoms with Crippen LogP contribution in [-0.4, -0.2) is 85.0 Å². The summed E-state index contributed by atoms with van der Waals surface area (Å²) in [5.74, 6) is -4.22. The summed E-state index contributed by atoms with van der Waals surface area (Å²) in [6.07, 6.45) is 1.59. The van der Waals surface area contributed by atoms with Gasteiger partial charge in [-0.05, 0) is 37.1 Å². The molecular weight excluding hydrogens is 520 g/mol. The number of amides is 1. The molecule has 0 aliphatic carbocycles. The van der Waals surface area contributed by atoms with E-state index < -0.39 is 11.9 Å². The number of rotatable bonds is 9. The number of aromatic nitrogens is 1. The van der Waals surface area contributed by atoms with Crippen molar-refractivity contribution in [2.45, 2.75) is 32.7 Å². The van der Waals surface area contributed by atoms with Gasteiger partial charge in [-0.25, -0.2) is 4.98 Å². The highest BCUT2D eigenvalue weighted by molar-refractivity contribution is 7.20. The van der Waals surface area contributed by atoms with E-state index in [4.69, 9.17) is 24.5 Å². The molecule has 0 bridgehead atoms. The van der Waals surface area contributed by atoms with Gasteiger partial charge in [-0.3, -0.25) is 9.69 Å². The van der Waals surface area contributed by atoms with Crippen LogP contribution in [0.2, 0.25) is 0 Å². The summed E-state index contributed by atoms with van der Waals surface area (Å²) in [5, 5.41) is 18.5. The Morgan fingerprint density at radius 1 is 1.03 bits per heavy atom. The number of fused-ring (bicyclic) bond motifs is 1. The predicted molar refractivity (Wildman–Crippen MR) is 146 cm³/mol. The Morgan fingerprint density at radius 3 is 2.26 bits per heavy atom. The standard InChI is InChI=1S/C26H34N4O2S.C2H2O4/c1-4-25(31)30(22-10-11-23-24(18-22)33-26(27-23)32-3)20(2)19-29-16-14-28(15-17-29)13-12-21-8-6-5-7-9-21;3-1(4)2(5)6/h5-11,18,20H,4,12-17,19H2,1-3H3;(H,3,4)(H,5,6)/p-2. The van der Waals surface area contributed by atoms with Gasteiger partial charge in [0, 0.05) is 57.4 Å². The van der Waals surface area contributed by atoms with Gasteiger partial charge in [-0.15, -0.1) is 0 Å². The van der Waals surface area contributed by atoms with Crippen molar-refractivity contribution in [2.24, 2.45) is 0 Å². The second kappa shape index (κ2) is 14.6. The molecule has 0 radical (unpaired) electrons. The second-order valence-electron chi connectivity index (χ2n) is 9.26. The summed E-state index contributed by atoms with van der Waals surface area (Å²) in [6.45, 7) is 10.3. The van der Waals surface area contributed by atoms with E-state index in [1.807, 2.05) is 24.0 Å². The molecule has 1 atom stereocenters. The molecule has 0 saturated carbocycles. The summed E-state index contributed by atoms with van der Waals surface area (Å²) < 4.78 is 6.32. The van der Waals surface area contributed by atoms with E-state index in [0.29, 0.717) is 11.6 Å². The van der Waals surface area contributed by atoms with Crippen LogP contribution >= 0.6 is 11.3 Å². The topological polar surface area (TPSA) is 129 Å². The maximum absolute atomic E-state index is 12.9. The molecule has 39 heavy (non-hydrogen) atoms. The number of carboxylic acid groups (broad SMARTS) is 2. The molecule has 1 unspecified atom stereocenters. The van der Waals surface area contributed by atoms with Crippen LogP contribution in [0.15, 0.2) is 48.5 Å². The van der Waals surface area contributed by atoms with Crippen LogP contribution in [0.3, 0.4) is 0 Å². The minimum Gasteiger partial charge on any atom is -0.543 e. The Balaban J connectivity index is 0.000000631. The quantitative estimate of drug-likeness (QED) is 0.352. The zero-order valence-corrected chi connectivity index (χ0v) is 23.3. The van der Waals surface area contributed by atoms with Crippen molar-refractivity contribution in [2.75, 3.05) is 51.3 Å². The normalized spacial score (nSPS) is 14.7. The number of piperazine rings is 1. The molecule has 4 rings (SSSR count). The number of thiazole rings is 1. The highest BCUT2D eigenvalue weighted by Gasteiger charge is 2.25. The van der Waals surface area contributed by atoms with Crippen molar-refractivity contribution in [3.63, 3.8) is 0 Å². The van der Waals surface area contributed by atoms with E-state index in [-0.39, 0.29) is 11.9 Å². The van der Waals surface area contributed by atoms with Crippen LogP contribution in [0, 0.1) is 0 Å². The van der Waals surface area contributed by atoms with Crippen molar-refractivity contribution < 1.29 is 29.3 Å². The van der Waals surface area contributed by atoms with E-state index >= 15 is 0 Å². The van der Waals surface area contributed by atoms with Gasteiger partial charge in [0.1, 0.15) is 0 Å². The van der Waals surface area contributed by atoms with Crippen molar-refractivity contribution in [1.29, 1.82) is 0 Å². The van der Waals surface area contributed by atoms with Crippen LogP contribution in [0.4, 0.5) is 5.69 Å². The summed E-state index contributed by atoms with van der Waals surface area (Å²) >= 11 is 1.51. The number of aliphatic carboxylic acids is 2. The van der Waals surface area contributed by atoms with Gasteiger partial charge >= 0.3 is 0 Å². The average Bonchev–Trinajstić information content (AvgIpc) is 3.36. The average molecular weight is 555 g/mol. The molecule has 2 aromatic carbocycles. The van der Waals surface area contributed by atoms with Gasteiger partial charge < -0.3 is 34.3 Å². The largest absolute Gasteiger partial charge is 0.543 e. The molecule has 0 spiro atoms. The monoisotopic (exact) mass is 554 g/mol. The lowest BCUT2D eigenvalue weighted by Gasteiger charge is -2.38. The van der Waals surface area contributed by atoms with Crippen molar-refractivity contribution >= 4 is 45.1 Å². The molecule has 10 nitrogen and oxygen atoms in total. The first-order valence-electron chi connectivity index (χ1n) is 12.9. The predicted octanol–water partition coefficient (Wildman–Crippen LogP) is 0.783. The highest BCUT2D eigenvalue weighted by atomic mass is 32.1. The molecule has 1 fully saturated rings. The number of carbonyl (C=O) groups is 3. The molecule has 1 saturated heterocycles. The van der Waals surface area contributed by atoms with Gasteiger partial charge in [-0.2, -0.15) is 0 Å². The maximum Gasteiger partial charge on any atom is 0.274 e. The minimum atomic E-state index is -2.19. The molecule has 1 amide bonds. The fourth-order valence-electron chi connectivity index (χ4n) is 4.53. The third-order valence-corrected chi connectivity index (χ3v) is 7.51. The second-order valence-corrected chi connectivity index (χ2v) is 10.2. The zero-order valence-electron chi connectivity index (χ0n) is 22.5. The first kappa shape index (κ1) is 30.0. The molecular formula is C28H34N4O6S-2. The van der Waals surface area contributed by atoms with Gasteiger partial charge in [0.25, 0.3) is 5.19 Å². The van der Waals surface area contributed by atoms with E-state index in [0.717, 1.165) is 61.6 Å². The number of carboxylic acids is 2. The molecule has 1 aromatic heterocycles. The lowest BCUT2D eigenvalue weighted by molar-refractivity contribution is -0.345. The van der Waals surface area contributed by atoms with E-state index in [1.54, 1.807) is 7.11 Å². The Bertz CT molecular complexity index is 1230. The highest BCUT2D eigenvalue weighted by Crippen LogP contribution is 2.32. The van der Waals surface area contributed by atoms with Crippen LogP contribution in [0.5, 0.6) is 5.19 Å². The molecule has 1 aliphatic heterocycles. The van der Waals surface area contributed by atoms with Crippen LogP contribution in [0.25, 0.3) is 10.2 Å². The van der Waals surface area contributed by atoms with E-state index in [1.165, 1.54) is 16.9 Å². The van der Waals surface area contributed by atoms with Crippen LogP contribution in [-0.2, 0) is 20.8 Å². The number of hydrogen-bond acceptors (Lipinski definition) is 10. The van der Waals surface area contributed by atoms with Gasteiger partial charge in [0.2, 0.25) is 5.91 Å². The smallest absolute Gasteiger partial charge is 0.274 e. The number of anilines is 1. The first-order valence-corrected chi connectivity index (χ1v) is 13.7. The Kier molecular flexibility index (Phi) is 11.2. The Hall–Kier alpha value is -3.54. The fourth-order valence-corrected chi connectivity index (χ4v) is 5.34. The van der Waals surface area contributed by atoms with Crippen LogP contribution < -0.4 is 19.8 Å².